The number of piperazine rings is 1. The summed E-state index contributed by atoms with van der Waals surface area (Å²) >= 11 is 0. The van der Waals surface area contributed by atoms with Crippen molar-refractivity contribution in [2.75, 3.05) is 31.5 Å². The van der Waals surface area contributed by atoms with Crippen molar-refractivity contribution >= 4 is 28.2 Å². The highest BCUT2D eigenvalue weighted by Gasteiger charge is 2.31. The molecule has 3 aromatic rings. The molecule has 8 heteroatoms. The van der Waals surface area contributed by atoms with Crippen LogP contribution in [-0.2, 0) is 22.7 Å². The number of hydrogen-bond acceptors (Lipinski definition) is 7. The minimum absolute atomic E-state index is 0.0622. The van der Waals surface area contributed by atoms with Crippen LogP contribution in [0.3, 0.4) is 0 Å². The molecule has 2 aliphatic rings. The van der Waals surface area contributed by atoms with Crippen molar-refractivity contribution in [2.24, 2.45) is 0 Å². The lowest BCUT2D eigenvalue weighted by Crippen LogP contribution is -2.48. The Hall–Kier alpha value is -3.36. The van der Waals surface area contributed by atoms with Gasteiger partial charge in [-0.2, -0.15) is 0 Å². The molecule has 5 rings (SSSR count). The monoisotopic (exact) mass is 515 g/mol. The van der Waals surface area contributed by atoms with Crippen molar-refractivity contribution in [2.45, 2.75) is 65.2 Å². The molecule has 0 bridgehead atoms. The summed E-state index contributed by atoms with van der Waals surface area (Å²) in [7, 11) is 0. The topological polar surface area (TPSA) is 87.5 Å². The second-order valence-electron chi connectivity index (χ2n) is 10.8. The molecule has 1 aliphatic heterocycles. The quantitative estimate of drug-likeness (QED) is 0.480. The van der Waals surface area contributed by atoms with E-state index in [4.69, 9.17) is 0 Å². The third-order valence-corrected chi connectivity index (χ3v) is 7.91. The van der Waals surface area contributed by atoms with E-state index in [1.807, 2.05) is 18.2 Å². The number of aryl methyl sites for hydroxylation is 1. The number of nitrogens with one attached hydrogen (secondary N) is 1. The number of rotatable bonds is 7. The van der Waals surface area contributed by atoms with Crippen LogP contribution in [0.25, 0.3) is 10.9 Å². The molecular weight excluding hydrogens is 478 g/mol. The van der Waals surface area contributed by atoms with Gasteiger partial charge in [-0.25, -0.2) is 4.98 Å². The first-order chi connectivity index (χ1) is 18.3. The molecule has 1 aliphatic carbocycles. The van der Waals surface area contributed by atoms with Gasteiger partial charge in [0.1, 0.15) is 11.6 Å². The zero-order valence-electron chi connectivity index (χ0n) is 22.6. The first-order valence-corrected chi connectivity index (χ1v) is 13.6. The van der Waals surface area contributed by atoms with Crippen molar-refractivity contribution in [1.82, 2.24) is 19.4 Å². The number of carbonyl (C=O) groups is 2. The third-order valence-electron chi connectivity index (χ3n) is 7.91. The summed E-state index contributed by atoms with van der Waals surface area (Å²) in [6.45, 7) is 12.2. The molecule has 0 radical (unpaired) electrons. The normalized spacial score (nSPS) is 19.4. The number of hydrogen-bond donors (Lipinski definition) is 1. The van der Waals surface area contributed by atoms with E-state index in [-0.39, 0.29) is 23.5 Å². The van der Waals surface area contributed by atoms with Crippen molar-refractivity contribution in [3.05, 3.63) is 69.8 Å². The summed E-state index contributed by atoms with van der Waals surface area (Å²) in [5.41, 5.74) is 3.48. The molecule has 0 amide bonds. The van der Waals surface area contributed by atoms with Gasteiger partial charge in [0.2, 0.25) is 0 Å². The SMILES string of the molecule is Cc1nc2cccc(NCc3ccc(CN4CCN(C(C)C)CC4)cc3)c2c(=O)n1C1CCC(=O)CC1=O. The van der Waals surface area contributed by atoms with Crippen molar-refractivity contribution in [3.63, 3.8) is 0 Å². The molecular formula is C30H37N5O3. The number of benzene rings is 2. The summed E-state index contributed by atoms with van der Waals surface area (Å²) in [6.07, 6.45) is 0.546. The number of anilines is 1. The van der Waals surface area contributed by atoms with E-state index < -0.39 is 6.04 Å². The summed E-state index contributed by atoms with van der Waals surface area (Å²) in [5, 5.41) is 3.89. The smallest absolute Gasteiger partial charge is 0.264 e. The van der Waals surface area contributed by atoms with Gasteiger partial charge in [0.25, 0.3) is 5.56 Å². The van der Waals surface area contributed by atoms with Gasteiger partial charge in [0.15, 0.2) is 5.78 Å². The van der Waals surface area contributed by atoms with Crippen LogP contribution in [0.15, 0.2) is 47.3 Å². The van der Waals surface area contributed by atoms with Gasteiger partial charge < -0.3 is 5.32 Å². The van der Waals surface area contributed by atoms with Gasteiger partial charge in [0.05, 0.1) is 23.4 Å². The largest absolute Gasteiger partial charge is 0.380 e. The minimum Gasteiger partial charge on any atom is -0.380 e. The number of carbonyl (C=O) groups excluding carboxylic acids is 2. The summed E-state index contributed by atoms with van der Waals surface area (Å²) in [4.78, 5) is 47.6. The van der Waals surface area contributed by atoms with E-state index in [1.54, 1.807) is 6.92 Å². The lowest BCUT2D eigenvalue weighted by molar-refractivity contribution is -0.132. The molecule has 2 fully saturated rings. The maximum Gasteiger partial charge on any atom is 0.264 e. The number of aromatic nitrogens is 2. The van der Waals surface area contributed by atoms with Crippen LogP contribution in [0, 0.1) is 6.92 Å². The van der Waals surface area contributed by atoms with Gasteiger partial charge in [-0.05, 0) is 50.5 Å². The molecule has 2 aromatic carbocycles. The third kappa shape index (κ3) is 5.56. The minimum atomic E-state index is -0.633. The van der Waals surface area contributed by atoms with Crippen LogP contribution >= 0.6 is 0 Å². The second kappa shape index (κ2) is 11.2. The fraction of sp³-hybridized carbons (Fsp3) is 0.467. The van der Waals surface area contributed by atoms with E-state index in [0.717, 1.165) is 38.3 Å². The predicted octanol–water partition coefficient (Wildman–Crippen LogP) is 3.71. The fourth-order valence-corrected chi connectivity index (χ4v) is 5.66. The Morgan fingerprint density at radius 2 is 1.68 bits per heavy atom. The van der Waals surface area contributed by atoms with Gasteiger partial charge in [0, 0.05) is 57.4 Å². The summed E-state index contributed by atoms with van der Waals surface area (Å²) < 4.78 is 1.48. The molecule has 1 atom stereocenters. The Labute approximate surface area is 223 Å². The highest BCUT2D eigenvalue weighted by Crippen LogP contribution is 2.26. The zero-order valence-corrected chi connectivity index (χ0v) is 22.6. The standard InChI is InChI=1S/C30H37N5O3/c1-20(2)34-15-13-33(14-16-34)19-23-9-7-22(8-10-23)18-31-25-5-4-6-26-29(25)30(38)35(21(3)32-26)27-12-11-24(36)17-28(27)37/h4-10,20,27,31H,11-19H2,1-3H3. The van der Waals surface area contributed by atoms with E-state index in [9.17, 15) is 14.4 Å². The number of Topliss-reactive ketones (excluding diaryl/α,β-unsaturated/α-hetero) is 2. The molecule has 0 spiro atoms. The van der Waals surface area contributed by atoms with Gasteiger partial charge in [-0.3, -0.25) is 28.8 Å². The van der Waals surface area contributed by atoms with Gasteiger partial charge in [-0.1, -0.05) is 30.3 Å². The highest BCUT2D eigenvalue weighted by molar-refractivity contribution is 6.03. The van der Waals surface area contributed by atoms with Crippen LogP contribution in [0.2, 0.25) is 0 Å². The second-order valence-corrected chi connectivity index (χ2v) is 10.8. The average molecular weight is 516 g/mol. The number of fused-ring (bicyclic) bond motifs is 1. The van der Waals surface area contributed by atoms with E-state index in [2.05, 4.69) is 58.2 Å². The molecule has 200 valence electrons. The molecule has 38 heavy (non-hydrogen) atoms. The molecule has 1 saturated heterocycles. The zero-order chi connectivity index (χ0) is 26.8. The highest BCUT2D eigenvalue weighted by atomic mass is 16.2. The Balaban J connectivity index is 1.29. The van der Waals surface area contributed by atoms with Crippen molar-refractivity contribution < 1.29 is 9.59 Å². The Kier molecular flexibility index (Phi) is 7.72. The predicted molar refractivity (Wildman–Crippen MR) is 149 cm³/mol. The maximum atomic E-state index is 13.6. The lowest BCUT2D eigenvalue weighted by atomic mass is 9.92. The van der Waals surface area contributed by atoms with E-state index >= 15 is 0 Å². The average Bonchev–Trinajstić information content (AvgIpc) is 2.89. The maximum absolute atomic E-state index is 13.6. The van der Waals surface area contributed by atoms with Crippen molar-refractivity contribution in [1.29, 1.82) is 0 Å². The fourth-order valence-electron chi connectivity index (χ4n) is 5.66. The summed E-state index contributed by atoms with van der Waals surface area (Å²) in [6, 6.07) is 14.2. The molecule has 2 heterocycles. The van der Waals surface area contributed by atoms with Crippen LogP contribution in [-0.4, -0.2) is 63.1 Å². The van der Waals surface area contributed by atoms with Gasteiger partial charge >= 0.3 is 0 Å². The molecule has 1 unspecified atom stereocenters. The first-order valence-electron chi connectivity index (χ1n) is 13.6. The molecule has 1 aromatic heterocycles. The molecule has 1 N–H and O–H groups in total. The Morgan fingerprint density at radius 1 is 0.974 bits per heavy atom. The van der Waals surface area contributed by atoms with Crippen LogP contribution < -0.4 is 10.9 Å². The van der Waals surface area contributed by atoms with Crippen molar-refractivity contribution in [3.8, 4) is 0 Å². The number of ketones is 2. The van der Waals surface area contributed by atoms with Crippen LogP contribution in [0.4, 0.5) is 5.69 Å². The van der Waals surface area contributed by atoms with Gasteiger partial charge in [-0.15, -0.1) is 0 Å². The van der Waals surface area contributed by atoms with Crippen LogP contribution in [0.1, 0.15) is 56.1 Å². The Morgan fingerprint density at radius 3 is 2.37 bits per heavy atom. The lowest BCUT2D eigenvalue weighted by Gasteiger charge is -2.36. The summed E-state index contributed by atoms with van der Waals surface area (Å²) in [5.74, 6) is 0.223. The van der Waals surface area contributed by atoms with E-state index in [1.165, 1.54) is 10.1 Å². The molecule has 8 nitrogen and oxygen atoms in total. The molecule has 1 saturated carbocycles. The first kappa shape index (κ1) is 26.3. The Bertz CT molecular complexity index is 1390. The number of nitrogens with zero attached hydrogens (tertiary/aromatic N) is 4. The van der Waals surface area contributed by atoms with Crippen LogP contribution in [0.5, 0.6) is 0 Å². The van der Waals surface area contributed by atoms with E-state index in [0.29, 0.717) is 47.8 Å².